The standard InChI is InChI=1S/C25H30O5S2/c1-30-24(29)16-31-11-4-12-32-25-21(22(27)15-23(25)28)10-9-20(26)14-17-7-8-18-5-2-3-6-19(18)13-17/h2-3,5-10,13,20-22,25-27H,4,11-12,14-16H2,1H3/b10-9+/t20?,21-,22+,25+/m0/s1. The van der Waals surface area contributed by atoms with E-state index >= 15 is 0 Å². The highest BCUT2D eigenvalue weighted by molar-refractivity contribution is 8.01. The predicted octanol–water partition coefficient (Wildman–Crippen LogP) is 3.65. The van der Waals surface area contributed by atoms with Crippen LogP contribution in [0.25, 0.3) is 10.8 Å². The second-order valence-corrected chi connectivity index (χ2v) is 10.3. The highest BCUT2D eigenvalue weighted by Crippen LogP contribution is 2.34. The molecule has 0 aromatic heterocycles. The summed E-state index contributed by atoms with van der Waals surface area (Å²) in [5.74, 6) is 1.47. The first kappa shape index (κ1) is 24.8. The highest BCUT2D eigenvalue weighted by Gasteiger charge is 2.40. The largest absolute Gasteiger partial charge is 0.468 e. The molecule has 32 heavy (non-hydrogen) atoms. The molecule has 2 N–H and O–H groups in total. The maximum Gasteiger partial charge on any atom is 0.315 e. The Morgan fingerprint density at radius 2 is 2.00 bits per heavy atom. The van der Waals surface area contributed by atoms with Gasteiger partial charge in [-0.1, -0.05) is 54.6 Å². The average molecular weight is 475 g/mol. The molecule has 0 saturated heterocycles. The van der Waals surface area contributed by atoms with Crippen molar-refractivity contribution in [3.63, 3.8) is 0 Å². The van der Waals surface area contributed by atoms with Crippen molar-refractivity contribution in [2.75, 3.05) is 24.4 Å². The van der Waals surface area contributed by atoms with Gasteiger partial charge in [0.05, 0.1) is 30.3 Å². The van der Waals surface area contributed by atoms with Gasteiger partial charge in [0.15, 0.2) is 0 Å². The number of thioether (sulfide) groups is 2. The number of carbonyl (C=O) groups is 2. The summed E-state index contributed by atoms with van der Waals surface area (Å²) < 4.78 is 4.61. The average Bonchev–Trinajstić information content (AvgIpc) is 3.06. The number of ketones is 1. The van der Waals surface area contributed by atoms with Crippen molar-refractivity contribution >= 4 is 46.0 Å². The molecule has 0 spiro atoms. The number of methoxy groups -OCH3 is 1. The van der Waals surface area contributed by atoms with Gasteiger partial charge >= 0.3 is 5.97 Å². The fourth-order valence-corrected chi connectivity index (χ4v) is 6.13. The maximum absolute atomic E-state index is 12.4. The van der Waals surface area contributed by atoms with Crippen molar-refractivity contribution in [3.05, 3.63) is 60.2 Å². The second kappa shape index (κ2) is 12.4. The quantitative estimate of drug-likeness (QED) is 0.292. The molecule has 0 aliphatic heterocycles. The minimum absolute atomic E-state index is 0.0587. The van der Waals surface area contributed by atoms with Crippen LogP contribution in [0.2, 0.25) is 0 Å². The molecule has 3 rings (SSSR count). The first-order valence-corrected chi connectivity index (χ1v) is 13.0. The number of rotatable bonds is 11. The van der Waals surface area contributed by atoms with Crippen LogP contribution in [0.1, 0.15) is 18.4 Å². The molecule has 1 aliphatic rings. The topological polar surface area (TPSA) is 83.8 Å². The van der Waals surface area contributed by atoms with Crippen molar-refractivity contribution in [3.8, 4) is 0 Å². The van der Waals surface area contributed by atoms with E-state index < -0.39 is 12.2 Å². The van der Waals surface area contributed by atoms with Gasteiger partial charge in [-0.3, -0.25) is 9.59 Å². The summed E-state index contributed by atoms with van der Waals surface area (Å²) in [5.41, 5.74) is 1.04. The predicted molar refractivity (Wildman–Crippen MR) is 132 cm³/mol. The molecule has 2 aromatic rings. The van der Waals surface area contributed by atoms with Gasteiger partial charge in [0, 0.05) is 18.8 Å². The molecular formula is C25H30O5S2. The van der Waals surface area contributed by atoms with E-state index in [1.165, 1.54) is 18.9 Å². The third-order valence-corrected chi connectivity index (χ3v) is 7.99. The molecule has 4 atom stereocenters. The number of Topliss-reactive ketones (excluding diaryl/α,β-unsaturated/α-hetero) is 1. The lowest BCUT2D eigenvalue weighted by Gasteiger charge is -2.17. The van der Waals surface area contributed by atoms with Gasteiger partial charge in [0.25, 0.3) is 0 Å². The number of hydrogen-bond acceptors (Lipinski definition) is 7. The summed E-state index contributed by atoms with van der Waals surface area (Å²) in [5, 5.41) is 22.9. The van der Waals surface area contributed by atoms with E-state index in [1.54, 1.807) is 17.8 Å². The molecule has 5 nitrogen and oxygen atoms in total. The third-order valence-electron chi connectivity index (χ3n) is 5.51. The first-order valence-electron chi connectivity index (χ1n) is 10.8. The summed E-state index contributed by atoms with van der Waals surface area (Å²) in [6, 6.07) is 14.3. The van der Waals surface area contributed by atoms with Gasteiger partial charge in [-0.05, 0) is 34.3 Å². The van der Waals surface area contributed by atoms with E-state index in [0.717, 1.165) is 34.3 Å². The molecule has 172 valence electrons. The normalized spacial score (nSPS) is 22.0. The van der Waals surface area contributed by atoms with Gasteiger partial charge in [-0.25, -0.2) is 0 Å². The zero-order valence-corrected chi connectivity index (χ0v) is 19.8. The van der Waals surface area contributed by atoms with Crippen molar-refractivity contribution in [2.45, 2.75) is 36.7 Å². The van der Waals surface area contributed by atoms with Crippen LogP contribution < -0.4 is 0 Å². The summed E-state index contributed by atoms with van der Waals surface area (Å²) in [6.07, 6.45) is 3.63. The second-order valence-electron chi connectivity index (χ2n) is 7.93. The molecule has 1 unspecified atom stereocenters. The Balaban J connectivity index is 1.50. The smallest absolute Gasteiger partial charge is 0.315 e. The Bertz CT molecular complexity index is 945. The lowest BCUT2D eigenvalue weighted by Crippen LogP contribution is -2.22. The molecular weight excluding hydrogens is 444 g/mol. The number of benzene rings is 2. The number of aliphatic hydroxyl groups is 2. The maximum atomic E-state index is 12.4. The first-order chi connectivity index (χ1) is 15.5. The number of aliphatic hydroxyl groups excluding tert-OH is 2. The van der Waals surface area contributed by atoms with Crippen LogP contribution in [-0.4, -0.2) is 63.8 Å². The Morgan fingerprint density at radius 1 is 1.22 bits per heavy atom. The summed E-state index contributed by atoms with van der Waals surface area (Å²) >= 11 is 3.07. The van der Waals surface area contributed by atoms with Crippen LogP contribution in [0, 0.1) is 5.92 Å². The lowest BCUT2D eigenvalue weighted by atomic mass is 10.0. The van der Waals surface area contributed by atoms with Gasteiger partial charge in [-0.2, -0.15) is 11.8 Å². The van der Waals surface area contributed by atoms with E-state index in [0.29, 0.717) is 12.2 Å². The van der Waals surface area contributed by atoms with E-state index in [4.69, 9.17) is 0 Å². The van der Waals surface area contributed by atoms with Gasteiger partial charge in [-0.15, -0.1) is 11.8 Å². The van der Waals surface area contributed by atoms with Crippen LogP contribution in [0.4, 0.5) is 0 Å². The minimum atomic E-state index is -0.710. The van der Waals surface area contributed by atoms with Gasteiger partial charge in [0.2, 0.25) is 0 Å². The summed E-state index contributed by atoms with van der Waals surface area (Å²) in [6.45, 7) is 0. The fraction of sp³-hybridized carbons (Fsp3) is 0.440. The highest BCUT2D eigenvalue weighted by atomic mass is 32.2. The number of hydrogen-bond donors (Lipinski definition) is 2. The molecule has 0 amide bonds. The van der Waals surface area contributed by atoms with Crippen molar-refractivity contribution < 1.29 is 24.5 Å². The SMILES string of the molecule is COC(=O)CSCCCS[C@H]1C(=O)C[C@@H](O)[C@@H]1/C=C/C(O)Cc1ccc2ccccc2c1. The van der Waals surface area contributed by atoms with Crippen molar-refractivity contribution in [1.82, 2.24) is 0 Å². The van der Waals surface area contributed by atoms with E-state index in [9.17, 15) is 19.8 Å². The van der Waals surface area contributed by atoms with E-state index in [-0.39, 0.29) is 29.3 Å². The monoisotopic (exact) mass is 474 g/mol. The van der Waals surface area contributed by atoms with Crippen molar-refractivity contribution in [2.24, 2.45) is 5.92 Å². The van der Waals surface area contributed by atoms with Crippen LogP contribution in [-0.2, 0) is 20.7 Å². The van der Waals surface area contributed by atoms with Crippen LogP contribution in [0.5, 0.6) is 0 Å². The summed E-state index contributed by atoms with van der Waals surface area (Å²) in [4.78, 5) is 23.5. The number of ether oxygens (including phenoxy) is 1. The van der Waals surface area contributed by atoms with Gasteiger partial charge in [0.1, 0.15) is 5.78 Å². The number of carbonyl (C=O) groups excluding carboxylic acids is 2. The van der Waals surface area contributed by atoms with Crippen LogP contribution in [0.15, 0.2) is 54.6 Å². The molecule has 0 radical (unpaired) electrons. The Hall–Kier alpha value is -1.80. The molecule has 2 aromatic carbocycles. The lowest BCUT2D eigenvalue weighted by molar-refractivity contribution is -0.137. The molecule has 1 aliphatic carbocycles. The van der Waals surface area contributed by atoms with E-state index in [1.807, 2.05) is 24.3 Å². The van der Waals surface area contributed by atoms with Crippen LogP contribution in [0.3, 0.4) is 0 Å². The third kappa shape index (κ3) is 7.10. The van der Waals surface area contributed by atoms with Crippen LogP contribution >= 0.6 is 23.5 Å². The van der Waals surface area contributed by atoms with Crippen molar-refractivity contribution in [1.29, 1.82) is 0 Å². The Labute approximate surface area is 197 Å². The fourth-order valence-electron chi connectivity index (χ4n) is 3.83. The zero-order valence-electron chi connectivity index (χ0n) is 18.2. The zero-order chi connectivity index (χ0) is 22.9. The molecule has 7 heteroatoms. The Morgan fingerprint density at radius 3 is 2.78 bits per heavy atom. The molecule has 0 bridgehead atoms. The van der Waals surface area contributed by atoms with Gasteiger partial charge < -0.3 is 14.9 Å². The molecule has 1 fully saturated rings. The Kier molecular flexibility index (Phi) is 9.66. The minimum Gasteiger partial charge on any atom is -0.468 e. The van der Waals surface area contributed by atoms with E-state index in [2.05, 4.69) is 29.0 Å². The summed E-state index contributed by atoms with van der Waals surface area (Å²) in [7, 11) is 1.38. The number of fused-ring (bicyclic) bond motifs is 1. The molecule has 0 heterocycles. The molecule has 1 saturated carbocycles. The number of esters is 1.